The van der Waals surface area contributed by atoms with Crippen molar-refractivity contribution < 1.29 is 8.98 Å². The first kappa shape index (κ1) is 14.5. The van der Waals surface area contributed by atoms with Gasteiger partial charge >= 0.3 is 0 Å². The van der Waals surface area contributed by atoms with E-state index in [0.717, 1.165) is 33.2 Å². The highest BCUT2D eigenvalue weighted by Crippen LogP contribution is 2.39. The van der Waals surface area contributed by atoms with Crippen LogP contribution in [0.5, 0.6) is 0 Å². The highest BCUT2D eigenvalue weighted by Gasteiger charge is 2.17. The molecule has 0 bridgehead atoms. The van der Waals surface area contributed by atoms with Crippen molar-refractivity contribution in [3.05, 3.63) is 71.2 Å². The monoisotopic (exact) mass is 313 g/mol. The van der Waals surface area contributed by atoms with Gasteiger partial charge in [0.2, 0.25) is 11.4 Å². The molecule has 0 fully saturated rings. The van der Waals surface area contributed by atoms with Gasteiger partial charge in [0.25, 0.3) is 0 Å². The first-order chi connectivity index (χ1) is 11.6. The molecule has 0 aliphatic rings. The number of aryl methyl sites for hydroxylation is 3. The summed E-state index contributed by atoms with van der Waals surface area (Å²) >= 11 is 0. The topological polar surface area (TPSA) is 21.4 Å². The molecule has 24 heavy (non-hydrogen) atoms. The van der Waals surface area contributed by atoms with Gasteiger partial charge in [-0.25, -0.2) is 9.41 Å². The normalized spacial score (nSPS) is 11.1. The van der Waals surface area contributed by atoms with E-state index in [1.165, 1.54) is 5.56 Å². The van der Waals surface area contributed by atoms with Crippen LogP contribution in [-0.2, 0) is 7.05 Å². The van der Waals surface area contributed by atoms with Crippen LogP contribution in [0.2, 0.25) is 0 Å². The molecular weight excluding hydrogens is 296 g/mol. The summed E-state index contributed by atoms with van der Waals surface area (Å²) in [6.45, 7) is 11.5. The summed E-state index contributed by atoms with van der Waals surface area (Å²) < 4.78 is 8.19. The number of rotatable bonds is 1. The van der Waals surface area contributed by atoms with Gasteiger partial charge in [0.1, 0.15) is 18.2 Å². The SMILES string of the molecule is [C-]#[N+]c1c(C)ccc2c1oc1cc(-c3cccc[n+]3C)c(C)cc12. The van der Waals surface area contributed by atoms with E-state index < -0.39 is 0 Å². The molecule has 0 radical (unpaired) electrons. The molecule has 0 atom stereocenters. The van der Waals surface area contributed by atoms with Gasteiger partial charge in [-0.15, -0.1) is 0 Å². The Balaban J connectivity index is 2.08. The zero-order chi connectivity index (χ0) is 16.8. The molecule has 0 saturated carbocycles. The molecule has 4 rings (SSSR count). The molecular formula is C21H17N2O+. The van der Waals surface area contributed by atoms with Gasteiger partial charge in [0.15, 0.2) is 6.20 Å². The minimum atomic E-state index is 0.605. The molecule has 4 aromatic rings. The lowest BCUT2D eigenvalue weighted by molar-refractivity contribution is -0.660. The molecule has 3 nitrogen and oxygen atoms in total. The van der Waals surface area contributed by atoms with E-state index in [0.29, 0.717) is 11.3 Å². The maximum absolute atomic E-state index is 7.45. The molecule has 3 heteroatoms. The molecule has 0 aliphatic carbocycles. The summed E-state index contributed by atoms with van der Waals surface area (Å²) in [5.41, 5.74) is 6.54. The Morgan fingerprint density at radius 3 is 2.58 bits per heavy atom. The van der Waals surface area contributed by atoms with Gasteiger partial charge < -0.3 is 4.42 Å². The smallest absolute Gasteiger partial charge is 0.232 e. The second-order valence-electron chi connectivity index (χ2n) is 6.18. The number of furan rings is 1. The predicted octanol–water partition coefficient (Wildman–Crippen LogP) is 5.25. The standard InChI is InChI=1S/C21H17N2O/c1-13-8-9-15-17-11-14(2)16(18-7-5-6-10-23(18)4)12-19(17)24-21(15)20(13)22-3/h5-12H,1-2,4H3/q+1. The molecule has 116 valence electrons. The van der Waals surface area contributed by atoms with Crippen molar-refractivity contribution in [3.8, 4) is 11.3 Å². The minimum Gasteiger partial charge on any atom is -0.467 e. The minimum absolute atomic E-state index is 0.605. The summed E-state index contributed by atoms with van der Waals surface area (Å²) in [5.74, 6) is 0. The van der Waals surface area contributed by atoms with Crippen molar-refractivity contribution in [3.63, 3.8) is 0 Å². The van der Waals surface area contributed by atoms with Crippen molar-refractivity contribution in [2.24, 2.45) is 7.05 Å². The number of aromatic nitrogens is 1. The van der Waals surface area contributed by atoms with Gasteiger partial charge in [-0.1, -0.05) is 12.1 Å². The van der Waals surface area contributed by atoms with Gasteiger partial charge in [-0.3, -0.25) is 0 Å². The molecule has 2 aromatic carbocycles. The maximum Gasteiger partial charge on any atom is 0.232 e. The van der Waals surface area contributed by atoms with Crippen LogP contribution < -0.4 is 4.57 Å². The van der Waals surface area contributed by atoms with Crippen LogP contribution in [0.3, 0.4) is 0 Å². The van der Waals surface area contributed by atoms with E-state index >= 15 is 0 Å². The van der Waals surface area contributed by atoms with Crippen molar-refractivity contribution in [2.75, 3.05) is 0 Å². The fourth-order valence-corrected chi connectivity index (χ4v) is 3.30. The number of benzene rings is 2. The summed E-state index contributed by atoms with van der Waals surface area (Å²) in [4.78, 5) is 3.66. The van der Waals surface area contributed by atoms with E-state index in [4.69, 9.17) is 11.0 Å². The Bertz CT molecular complexity index is 1150. The van der Waals surface area contributed by atoms with Crippen LogP contribution in [0.1, 0.15) is 11.1 Å². The highest BCUT2D eigenvalue weighted by atomic mass is 16.3. The van der Waals surface area contributed by atoms with Gasteiger partial charge in [-0.2, -0.15) is 0 Å². The summed E-state index contributed by atoms with van der Waals surface area (Å²) in [6.07, 6.45) is 2.04. The van der Waals surface area contributed by atoms with Crippen molar-refractivity contribution in [1.82, 2.24) is 0 Å². The fraction of sp³-hybridized carbons (Fsp3) is 0.143. The zero-order valence-corrected chi connectivity index (χ0v) is 13.9. The molecule has 0 saturated heterocycles. The number of hydrogen-bond acceptors (Lipinski definition) is 1. The summed E-state index contributed by atoms with van der Waals surface area (Å²) in [7, 11) is 2.04. The lowest BCUT2D eigenvalue weighted by Crippen LogP contribution is -2.30. The molecule has 0 unspecified atom stereocenters. The van der Waals surface area contributed by atoms with E-state index in [1.807, 2.05) is 44.4 Å². The van der Waals surface area contributed by atoms with Crippen LogP contribution in [0.15, 0.2) is 53.1 Å². The van der Waals surface area contributed by atoms with E-state index in [1.54, 1.807) is 0 Å². The van der Waals surface area contributed by atoms with Crippen molar-refractivity contribution >= 4 is 27.6 Å². The number of pyridine rings is 1. The zero-order valence-electron chi connectivity index (χ0n) is 13.9. The molecule has 0 spiro atoms. The van der Waals surface area contributed by atoms with E-state index in [-0.39, 0.29) is 0 Å². The predicted molar refractivity (Wildman–Crippen MR) is 96.1 cm³/mol. The molecule has 2 heterocycles. The second-order valence-corrected chi connectivity index (χ2v) is 6.18. The first-order valence-corrected chi connectivity index (χ1v) is 7.89. The lowest BCUT2D eigenvalue weighted by Gasteiger charge is -2.04. The molecule has 0 aliphatic heterocycles. The Morgan fingerprint density at radius 1 is 1.00 bits per heavy atom. The third kappa shape index (κ3) is 2.00. The van der Waals surface area contributed by atoms with Crippen molar-refractivity contribution in [2.45, 2.75) is 13.8 Å². The Hall–Kier alpha value is -3.12. The average molecular weight is 313 g/mol. The highest BCUT2D eigenvalue weighted by molar-refractivity contribution is 6.10. The van der Waals surface area contributed by atoms with Crippen LogP contribution in [0, 0.1) is 20.4 Å². The van der Waals surface area contributed by atoms with Gasteiger partial charge in [0, 0.05) is 22.9 Å². The number of fused-ring (bicyclic) bond motifs is 3. The summed E-state index contributed by atoms with van der Waals surface area (Å²) in [5, 5.41) is 2.07. The molecule has 2 aromatic heterocycles. The van der Waals surface area contributed by atoms with Gasteiger partial charge in [0.05, 0.1) is 12.1 Å². The molecule has 0 N–H and O–H groups in total. The van der Waals surface area contributed by atoms with Gasteiger partial charge in [-0.05, 0) is 43.2 Å². The summed E-state index contributed by atoms with van der Waals surface area (Å²) in [6, 6.07) is 14.4. The first-order valence-electron chi connectivity index (χ1n) is 7.89. The Morgan fingerprint density at radius 2 is 1.83 bits per heavy atom. The van der Waals surface area contributed by atoms with Crippen molar-refractivity contribution in [1.29, 1.82) is 0 Å². The van der Waals surface area contributed by atoms with Crippen LogP contribution in [0.4, 0.5) is 5.69 Å². The average Bonchev–Trinajstić information content (AvgIpc) is 2.92. The van der Waals surface area contributed by atoms with Crippen LogP contribution in [-0.4, -0.2) is 0 Å². The van der Waals surface area contributed by atoms with E-state index in [2.05, 4.69) is 34.5 Å². The largest absolute Gasteiger partial charge is 0.467 e. The van der Waals surface area contributed by atoms with Crippen LogP contribution >= 0.6 is 0 Å². The van der Waals surface area contributed by atoms with Crippen LogP contribution in [0.25, 0.3) is 38.0 Å². The Kier molecular flexibility index (Phi) is 3.14. The third-order valence-electron chi connectivity index (χ3n) is 4.60. The second kappa shape index (κ2) is 5.21. The quantitative estimate of drug-likeness (QED) is 0.347. The maximum atomic E-state index is 7.45. The third-order valence-corrected chi connectivity index (χ3v) is 4.60. The molecule has 0 amide bonds. The number of hydrogen-bond donors (Lipinski definition) is 0. The number of nitrogens with zero attached hydrogens (tertiary/aromatic N) is 2. The lowest BCUT2D eigenvalue weighted by atomic mass is 10.0. The van der Waals surface area contributed by atoms with E-state index in [9.17, 15) is 0 Å². The fourth-order valence-electron chi connectivity index (χ4n) is 3.30. The Labute approximate surface area is 140 Å².